The molecule has 100 valence electrons. The topological polar surface area (TPSA) is 40.5 Å². The van der Waals surface area contributed by atoms with Crippen LogP contribution in [0.1, 0.15) is 15.2 Å². The molecule has 0 atom stereocenters. The molecule has 0 bridgehead atoms. The Morgan fingerprint density at radius 1 is 1.21 bits per heavy atom. The molecule has 1 amide bonds. The SMILES string of the molecule is O=C(c1ccc(Br)s1)N(CCO)Cc1ccccc1. The van der Waals surface area contributed by atoms with Gasteiger partial charge in [-0.3, -0.25) is 4.79 Å². The fourth-order valence-corrected chi connectivity index (χ4v) is 3.12. The smallest absolute Gasteiger partial charge is 0.264 e. The molecule has 0 spiro atoms. The van der Waals surface area contributed by atoms with E-state index in [4.69, 9.17) is 5.11 Å². The highest BCUT2D eigenvalue weighted by Crippen LogP contribution is 2.23. The lowest BCUT2D eigenvalue weighted by atomic mass is 10.2. The molecule has 0 radical (unpaired) electrons. The van der Waals surface area contributed by atoms with Gasteiger partial charge in [0.1, 0.15) is 0 Å². The normalized spacial score (nSPS) is 10.4. The number of aliphatic hydroxyl groups excluding tert-OH is 1. The molecule has 1 heterocycles. The molecule has 0 fully saturated rings. The molecular formula is C14H14BrNO2S. The second-order valence-corrected chi connectivity index (χ2v) is 6.50. The first-order chi connectivity index (χ1) is 9.20. The molecule has 2 rings (SSSR count). The Hall–Kier alpha value is -1.17. The zero-order valence-corrected chi connectivity index (χ0v) is 12.7. The molecule has 1 aromatic carbocycles. The van der Waals surface area contributed by atoms with E-state index in [9.17, 15) is 4.79 Å². The Balaban J connectivity index is 2.13. The van der Waals surface area contributed by atoms with Crippen molar-refractivity contribution in [3.05, 3.63) is 56.7 Å². The van der Waals surface area contributed by atoms with E-state index in [0.29, 0.717) is 18.0 Å². The van der Waals surface area contributed by atoms with Crippen LogP contribution >= 0.6 is 27.3 Å². The van der Waals surface area contributed by atoms with Crippen molar-refractivity contribution in [1.82, 2.24) is 4.90 Å². The van der Waals surface area contributed by atoms with Crippen LogP contribution < -0.4 is 0 Å². The first-order valence-electron chi connectivity index (χ1n) is 5.90. The van der Waals surface area contributed by atoms with Gasteiger partial charge in [-0.15, -0.1) is 11.3 Å². The second kappa shape index (κ2) is 6.84. The van der Waals surface area contributed by atoms with Gasteiger partial charge < -0.3 is 10.0 Å². The summed E-state index contributed by atoms with van der Waals surface area (Å²) in [6, 6.07) is 13.4. The minimum atomic E-state index is -0.0476. The third-order valence-electron chi connectivity index (χ3n) is 2.66. The van der Waals surface area contributed by atoms with Crippen LogP contribution in [-0.2, 0) is 6.54 Å². The average Bonchev–Trinajstić information content (AvgIpc) is 2.85. The highest BCUT2D eigenvalue weighted by molar-refractivity contribution is 9.11. The lowest BCUT2D eigenvalue weighted by molar-refractivity contribution is 0.0712. The Kier molecular flexibility index (Phi) is 5.13. The number of carbonyl (C=O) groups is 1. The van der Waals surface area contributed by atoms with Gasteiger partial charge in [-0.25, -0.2) is 0 Å². The van der Waals surface area contributed by atoms with E-state index in [-0.39, 0.29) is 12.5 Å². The molecule has 2 aromatic rings. The maximum Gasteiger partial charge on any atom is 0.264 e. The summed E-state index contributed by atoms with van der Waals surface area (Å²) in [7, 11) is 0. The predicted octanol–water partition coefficient (Wildman–Crippen LogP) is 3.15. The minimum Gasteiger partial charge on any atom is -0.395 e. The van der Waals surface area contributed by atoms with Gasteiger partial charge in [-0.1, -0.05) is 30.3 Å². The number of hydrogen-bond acceptors (Lipinski definition) is 3. The summed E-state index contributed by atoms with van der Waals surface area (Å²) in [5.41, 5.74) is 1.06. The van der Waals surface area contributed by atoms with E-state index in [1.54, 1.807) is 11.0 Å². The van der Waals surface area contributed by atoms with E-state index >= 15 is 0 Å². The van der Waals surface area contributed by atoms with Crippen LogP contribution in [0.15, 0.2) is 46.3 Å². The van der Waals surface area contributed by atoms with Gasteiger partial charge in [0.15, 0.2) is 0 Å². The molecule has 0 aliphatic carbocycles. The van der Waals surface area contributed by atoms with Gasteiger partial charge >= 0.3 is 0 Å². The molecule has 0 saturated heterocycles. The van der Waals surface area contributed by atoms with E-state index in [0.717, 1.165) is 9.35 Å². The van der Waals surface area contributed by atoms with Gasteiger partial charge in [0.05, 0.1) is 15.3 Å². The summed E-state index contributed by atoms with van der Waals surface area (Å²) in [5.74, 6) is -0.0476. The summed E-state index contributed by atoms with van der Waals surface area (Å²) in [4.78, 5) is 14.7. The van der Waals surface area contributed by atoms with Gasteiger partial charge in [0, 0.05) is 13.1 Å². The highest BCUT2D eigenvalue weighted by atomic mass is 79.9. The molecule has 1 N–H and O–H groups in total. The van der Waals surface area contributed by atoms with Crippen LogP contribution in [0.5, 0.6) is 0 Å². The monoisotopic (exact) mass is 339 g/mol. The molecule has 0 aliphatic rings. The van der Waals surface area contributed by atoms with Gasteiger partial charge in [-0.05, 0) is 33.6 Å². The zero-order valence-electron chi connectivity index (χ0n) is 10.3. The van der Waals surface area contributed by atoms with Crippen LogP contribution in [0.2, 0.25) is 0 Å². The number of thiophene rings is 1. The minimum absolute atomic E-state index is 0.0366. The second-order valence-electron chi connectivity index (χ2n) is 4.04. The number of nitrogens with zero attached hydrogens (tertiary/aromatic N) is 1. The highest BCUT2D eigenvalue weighted by Gasteiger charge is 2.17. The number of benzene rings is 1. The Bertz CT molecular complexity index is 541. The number of hydrogen-bond donors (Lipinski definition) is 1. The van der Waals surface area contributed by atoms with Crippen molar-refractivity contribution in [2.45, 2.75) is 6.54 Å². The molecule has 0 aliphatic heterocycles. The van der Waals surface area contributed by atoms with E-state index < -0.39 is 0 Å². The van der Waals surface area contributed by atoms with E-state index in [1.165, 1.54) is 11.3 Å². The molecule has 3 nitrogen and oxygen atoms in total. The summed E-state index contributed by atoms with van der Waals surface area (Å²) in [6.45, 7) is 0.810. The lowest BCUT2D eigenvalue weighted by Crippen LogP contribution is -2.32. The summed E-state index contributed by atoms with van der Waals surface area (Å²) < 4.78 is 0.930. The molecule has 5 heteroatoms. The van der Waals surface area contributed by atoms with Crippen LogP contribution in [0.3, 0.4) is 0 Å². The molecule has 19 heavy (non-hydrogen) atoms. The number of halogens is 1. The maximum absolute atomic E-state index is 12.4. The zero-order chi connectivity index (χ0) is 13.7. The lowest BCUT2D eigenvalue weighted by Gasteiger charge is -2.21. The number of rotatable bonds is 5. The third kappa shape index (κ3) is 3.89. The Labute approximate surface area is 124 Å². The van der Waals surface area contributed by atoms with E-state index in [1.807, 2.05) is 36.4 Å². The third-order valence-corrected chi connectivity index (χ3v) is 4.27. The molecule has 1 aromatic heterocycles. The Morgan fingerprint density at radius 2 is 1.95 bits per heavy atom. The molecule has 0 saturated carbocycles. The standard InChI is InChI=1S/C14H14BrNO2S/c15-13-7-6-12(19-13)14(18)16(8-9-17)10-11-4-2-1-3-5-11/h1-7,17H,8-10H2. The van der Waals surface area contributed by atoms with Crippen molar-refractivity contribution in [2.75, 3.05) is 13.2 Å². The van der Waals surface area contributed by atoms with Crippen LogP contribution in [0, 0.1) is 0 Å². The quantitative estimate of drug-likeness (QED) is 0.908. The van der Waals surface area contributed by atoms with Crippen molar-refractivity contribution in [3.63, 3.8) is 0 Å². The van der Waals surface area contributed by atoms with Crippen molar-refractivity contribution < 1.29 is 9.90 Å². The van der Waals surface area contributed by atoms with Crippen molar-refractivity contribution >= 4 is 33.2 Å². The van der Waals surface area contributed by atoms with Crippen molar-refractivity contribution in [2.24, 2.45) is 0 Å². The molecule has 0 unspecified atom stereocenters. The van der Waals surface area contributed by atoms with Crippen molar-refractivity contribution in [1.29, 1.82) is 0 Å². The van der Waals surface area contributed by atoms with Crippen LogP contribution in [0.4, 0.5) is 0 Å². The number of amides is 1. The summed E-state index contributed by atoms with van der Waals surface area (Å²) >= 11 is 4.76. The molecular weight excluding hydrogens is 326 g/mol. The first-order valence-corrected chi connectivity index (χ1v) is 7.51. The number of aliphatic hydroxyl groups is 1. The fraction of sp³-hybridized carbons (Fsp3) is 0.214. The van der Waals surface area contributed by atoms with Crippen molar-refractivity contribution in [3.8, 4) is 0 Å². The average molecular weight is 340 g/mol. The first kappa shape index (κ1) is 14.2. The van der Waals surface area contributed by atoms with Gasteiger partial charge in [-0.2, -0.15) is 0 Å². The summed E-state index contributed by atoms with van der Waals surface area (Å²) in [5, 5.41) is 9.12. The maximum atomic E-state index is 12.4. The predicted molar refractivity (Wildman–Crippen MR) is 80.3 cm³/mol. The Morgan fingerprint density at radius 3 is 2.53 bits per heavy atom. The largest absolute Gasteiger partial charge is 0.395 e. The number of carbonyl (C=O) groups excluding carboxylic acids is 1. The van der Waals surface area contributed by atoms with E-state index in [2.05, 4.69) is 15.9 Å². The van der Waals surface area contributed by atoms with Gasteiger partial charge in [0.2, 0.25) is 0 Å². The van der Waals surface area contributed by atoms with Crippen LogP contribution in [-0.4, -0.2) is 29.1 Å². The van der Waals surface area contributed by atoms with Crippen LogP contribution in [0.25, 0.3) is 0 Å². The fourth-order valence-electron chi connectivity index (χ4n) is 1.76. The summed E-state index contributed by atoms with van der Waals surface area (Å²) in [6.07, 6.45) is 0. The van der Waals surface area contributed by atoms with Gasteiger partial charge in [0.25, 0.3) is 5.91 Å².